The number of halogens is 1. The Morgan fingerprint density at radius 1 is 1.54 bits per heavy atom. The summed E-state index contributed by atoms with van der Waals surface area (Å²) in [6.07, 6.45) is 0. The molecule has 0 saturated carbocycles. The molecule has 0 unspecified atom stereocenters. The van der Waals surface area contributed by atoms with Crippen LogP contribution in [-0.4, -0.2) is 6.54 Å². The SMILES string of the molecule is C=C(Cl)CNc1cc(C)cc(N)c1. The van der Waals surface area contributed by atoms with E-state index in [2.05, 4.69) is 11.9 Å². The number of hydrogen-bond donors (Lipinski definition) is 2. The minimum atomic E-state index is 0.560. The van der Waals surface area contributed by atoms with Crippen molar-refractivity contribution in [2.45, 2.75) is 6.92 Å². The number of anilines is 2. The van der Waals surface area contributed by atoms with E-state index in [0.717, 1.165) is 16.9 Å². The van der Waals surface area contributed by atoms with Gasteiger partial charge in [-0.2, -0.15) is 0 Å². The fourth-order valence-corrected chi connectivity index (χ4v) is 1.18. The molecule has 0 atom stereocenters. The summed E-state index contributed by atoms with van der Waals surface area (Å²) in [5.41, 5.74) is 8.52. The molecule has 13 heavy (non-hydrogen) atoms. The third kappa shape index (κ3) is 3.38. The van der Waals surface area contributed by atoms with Crippen molar-refractivity contribution in [3.8, 4) is 0 Å². The van der Waals surface area contributed by atoms with Crippen LogP contribution < -0.4 is 11.1 Å². The minimum absolute atomic E-state index is 0.560. The van der Waals surface area contributed by atoms with Crippen LogP contribution in [0.1, 0.15) is 5.56 Å². The lowest BCUT2D eigenvalue weighted by Gasteiger charge is -2.06. The first kappa shape index (κ1) is 9.93. The summed E-state index contributed by atoms with van der Waals surface area (Å²) in [6.45, 7) is 6.14. The topological polar surface area (TPSA) is 38.0 Å². The van der Waals surface area contributed by atoms with Gasteiger partial charge in [-0.05, 0) is 30.7 Å². The van der Waals surface area contributed by atoms with Crippen molar-refractivity contribution in [3.05, 3.63) is 35.4 Å². The summed E-state index contributed by atoms with van der Waals surface area (Å²) in [6, 6.07) is 5.80. The second-order valence-electron chi connectivity index (χ2n) is 3.00. The van der Waals surface area contributed by atoms with Crippen molar-refractivity contribution in [3.63, 3.8) is 0 Å². The van der Waals surface area contributed by atoms with Crippen molar-refractivity contribution in [1.29, 1.82) is 0 Å². The zero-order chi connectivity index (χ0) is 9.84. The Morgan fingerprint density at radius 2 is 2.23 bits per heavy atom. The average molecular weight is 197 g/mol. The molecule has 0 bridgehead atoms. The lowest BCUT2D eigenvalue weighted by Crippen LogP contribution is -2.01. The molecule has 0 aliphatic heterocycles. The van der Waals surface area contributed by atoms with Gasteiger partial charge < -0.3 is 11.1 Å². The standard InChI is InChI=1S/C10H13ClN2/c1-7-3-9(12)5-10(4-7)13-6-8(2)11/h3-5,13H,2,6,12H2,1H3. The van der Waals surface area contributed by atoms with Crippen LogP contribution in [0.3, 0.4) is 0 Å². The molecule has 3 N–H and O–H groups in total. The molecular formula is C10H13ClN2. The summed E-state index contributed by atoms with van der Waals surface area (Å²) in [5.74, 6) is 0. The van der Waals surface area contributed by atoms with Gasteiger partial charge in [-0.1, -0.05) is 18.2 Å². The van der Waals surface area contributed by atoms with Gasteiger partial charge in [0.15, 0.2) is 0 Å². The fourth-order valence-electron chi connectivity index (χ4n) is 1.11. The van der Waals surface area contributed by atoms with E-state index in [-0.39, 0.29) is 0 Å². The van der Waals surface area contributed by atoms with Crippen molar-refractivity contribution in [2.75, 3.05) is 17.6 Å². The molecule has 1 aromatic rings. The molecule has 0 aromatic heterocycles. The van der Waals surface area contributed by atoms with Crippen LogP contribution in [0.2, 0.25) is 0 Å². The Bertz CT molecular complexity index is 300. The van der Waals surface area contributed by atoms with Gasteiger partial charge in [-0.25, -0.2) is 0 Å². The molecule has 0 amide bonds. The minimum Gasteiger partial charge on any atom is -0.399 e. The van der Waals surface area contributed by atoms with Gasteiger partial charge in [0, 0.05) is 16.4 Å². The first-order valence-corrected chi connectivity index (χ1v) is 4.40. The van der Waals surface area contributed by atoms with E-state index in [1.165, 1.54) is 0 Å². The van der Waals surface area contributed by atoms with Gasteiger partial charge in [0.25, 0.3) is 0 Å². The maximum Gasteiger partial charge on any atom is 0.0501 e. The normalized spacial score (nSPS) is 9.69. The number of rotatable bonds is 3. The quantitative estimate of drug-likeness (QED) is 0.730. The van der Waals surface area contributed by atoms with Crippen molar-refractivity contribution in [1.82, 2.24) is 0 Å². The third-order valence-corrected chi connectivity index (χ3v) is 1.72. The monoisotopic (exact) mass is 196 g/mol. The zero-order valence-corrected chi connectivity index (χ0v) is 8.36. The Labute approximate surface area is 83.4 Å². The van der Waals surface area contributed by atoms with Crippen LogP contribution in [0.4, 0.5) is 11.4 Å². The molecule has 3 heteroatoms. The van der Waals surface area contributed by atoms with Crippen molar-refractivity contribution in [2.24, 2.45) is 0 Å². The molecule has 0 aliphatic rings. The van der Waals surface area contributed by atoms with E-state index in [1.807, 2.05) is 25.1 Å². The predicted molar refractivity (Wildman–Crippen MR) is 59.1 cm³/mol. The van der Waals surface area contributed by atoms with Gasteiger partial charge in [0.1, 0.15) is 0 Å². The molecule has 70 valence electrons. The van der Waals surface area contributed by atoms with Gasteiger partial charge in [0.05, 0.1) is 6.54 Å². The van der Waals surface area contributed by atoms with Crippen LogP contribution in [0.15, 0.2) is 29.8 Å². The molecule has 0 saturated heterocycles. The molecule has 0 radical (unpaired) electrons. The lowest BCUT2D eigenvalue weighted by molar-refractivity contribution is 1.31. The highest BCUT2D eigenvalue weighted by Gasteiger charge is 1.95. The first-order chi connectivity index (χ1) is 6.08. The maximum atomic E-state index is 5.67. The molecule has 1 aromatic carbocycles. The maximum absolute atomic E-state index is 5.67. The van der Waals surface area contributed by atoms with Gasteiger partial charge in [0.2, 0.25) is 0 Å². The first-order valence-electron chi connectivity index (χ1n) is 4.02. The van der Waals surface area contributed by atoms with Crippen molar-refractivity contribution < 1.29 is 0 Å². The number of hydrogen-bond acceptors (Lipinski definition) is 2. The average Bonchev–Trinajstić information content (AvgIpc) is 1.99. The number of nitrogens with one attached hydrogen (secondary N) is 1. The fraction of sp³-hybridized carbons (Fsp3) is 0.200. The van der Waals surface area contributed by atoms with E-state index in [1.54, 1.807) is 0 Å². The molecule has 0 fully saturated rings. The van der Waals surface area contributed by atoms with E-state index in [4.69, 9.17) is 17.3 Å². The second-order valence-corrected chi connectivity index (χ2v) is 3.54. The number of nitrogens with two attached hydrogens (primary N) is 1. The molecule has 2 nitrogen and oxygen atoms in total. The van der Waals surface area contributed by atoms with E-state index < -0.39 is 0 Å². The highest BCUT2D eigenvalue weighted by atomic mass is 35.5. The second kappa shape index (κ2) is 4.19. The number of nitrogen functional groups attached to an aromatic ring is 1. The highest BCUT2D eigenvalue weighted by molar-refractivity contribution is 6.29. The molecule has 0 aliphatic carbocycles. The summed E-state index contributed by atoms with van der Waals surface area (Å²) >= 11 is 5.62. The summed E-state index contributed by atoms with van der Waals surface area (Å²) in [5, 5.41) is 3.70. The Kier molecular flexibility index (Phi) is 3.20. The van der Waals surface area contributed by atoms with Crippen LogP contribution in [0, 0.1) is 6.92 Å². The van der Waals surface area contributed by atoms with Crippen LogP contribution in [-0.2, 0) is 0 Å². The van der Waals surface area contributed by atoms with Crippen molar-refractivity contribution >= 4 is 23.0 Å². The molecule has 1 rings (SSSR count). The van der Waals surface area contributed by atoms with E-state index >= 15 is 0 Å². The van der Waals surface area contributed by atoms with Crippen LogP contribution in [0.25, 0.3) is 0 Å². The van der Waals surface area contributed by atoms with Crippen LogP contribution in [0.5, 0.6) is 0 Å². The third-order valence-electron chi connectivity index (χ3n) is 1.58. The smallest absolute Gasteiger partial charge is 0.0501 e. The highest BCUT2D eigenvalue weighted by Crippen LogP contribution is 2.16. The molecule has 0 spiro atoms. The summed E-state index contributed by atoms with van der Waals surface area (Å²) < 4.78 is 0. The van der Waals surface area contributed by atoms with E-state index in [0.29, 0.717) is 11.6 Å². The predicted octanol–water partition coefficient (Wildman–Crippen LogP) is 2.74. The van der Waals surface area contributed by atoms with Gasteiger partial charge >= 0.3 is 0 Å². The number of benzene rings is 1. The van der Waals surface area contributed by atoms with E-state index in [9.17, 15) is 0 Å². The summed E-state index contributed by atoms with van der Waals surface area (Å²) in [7, 11) is 0. The number of aryl methyl sites for hydroxylation is 1. The Morgan fingerprint density at radius 3 is 2.77 bits per heavy atom. The Balaban J connectivity index is 2.71. The Hall–Kier alpha value is -1.15. The molecular weight excluding hydrogens is 184 g/mol. The lowest BCUT2D eigenvalue weighted by atomic mass is 10.2. The van der Waals surface area contributed by atoms with Gasteiger partial charge in [-0.3, -0.25) is 0 Å². The zero-order valence-electron chi connectivity index (χ0n) is 7.60. The van der Waals surface area contributed by atoms with Gasteiger partial charge in [-0.15, -0.1) is 0 Å². The molecule has 0 heterocycles. The largest absolute Gasteiger partial charge is 0.399 e. The van der Waals surface area contributed by atoms with Crippen LogP contribution >= 0.6 is 11.6 Å². The summed E-state index contributed by atoms with van der Waals surface area (Å²) in [4.78, 5) is 0.